The van der Waals surface area contributed by atoms with Crippen LogP contribution in [0.1, 0.15) is 5.56 Å². The van der Waals surface area contributed by atoms with Gasteiger partial charge in [-0.1, -0.05) is 23.7 Å². The number of hydrogen-bond acceptors (Lipinski definition) is 4. The molecule has 2 rings (SSSR count). The number of carbonyl (C=O) groups is 3. The molecule has 0 aliphatic rings. The number of hydrogen-bond donors (Lipinski definition) is 2. The van der Waals surface area contributed by atoms with E-state index in [1.807, 2.05) is 0 Å². The highest BCUT2D eigenvalue weighted by Gasteiger charge is 2.09. The van der Waals surface area contributed by atoms with Crippen molar-refractivity contribution >= 4 is 41.1 Å². The van der Waals surface area contributed by atoms with Crippen LogP contribution in [0.2, 0.25) is 5.02 Å². The first-order chi connectivity index (χ1) is 13.3. The Bertz CT molecular complexity index is 901. The molecule has 0 radical (unpaired) electrons. The predicted octanol–water partition coefficient (Wildman–Crippen LogP) is 2.93. The van der Waals surface area contributed by atoms with Crippen LogP contribution in [0.4, 0.5) is 14.5 Å². The lowest BCUT2D eigenvalue weighted by atomic mass is 10.2. The van der Waals surface area contributed by atoms with Crippen molar-refractivity contribution in [1.82, 2.24) is 5.32 Å². The molecule has 0 spiro atoms. The fourth-order valence-electron chi connectivity index (χ4n) is 1.93. The number of anilines is 1. The Morgan fingerprint density at radius 1 is 1.00 bits per heavy atom. The van der Waals surface area contributed by atoms with E-state index in [0.717, 1.165) is 23.8 Å². The number of rotatable bonds is 7. The number of halogens is 3. The minimum absolute atomic E-state index is 0.0388. The van der Waals surface area contributed by atoms with Gasteiger partial charge in [0.2, 0.25) is 5.91 Å². The number of ether oxygens (including phenoxy) is 1. The molecule has 0 aliphatic carbocycles. The largest absolute Gasteiger partial charge is 0.452 e. The fourth-order valence-corrected chi connectivity index (χ4v) is 2.06. The molecule has 0 atom stereocenters. The summed E-state index contributed by atoms with van der Waals surface area (Å²) < 4.78 is 30.6. The van der Waals surface area contributed by atoms with Crippen molar-refractivity contribution in [3.05, 3.63) is 70.8 Å². The first-order valence-corrected chi connectivity index (χ1v) is 8.33. The molecule has 0 aromatic heterocycles. The molecular weight excluding hydrogens is 394 g/mol. The summed E-state index contributed by atoms with van der Waals surface area (Å²) in [5.41, 5.74) is 0.761. The van der Waals surface area contributed by atoms with Crippen molar-refractivity contribution in [2.45, 2.75) is 0 Å². The minimum atomic E-state index is -1.11. The van der Waals surface area contributed by atoms with Gasteiger partial charge in [-0.2, -0.15) is 0 Å². The maximum atomic E-state index is 13.1. The van der Waals surface area contributed by atoms with Crippen LogP contribution >= 0.6 is 11.6 Å². The summed E-state index contributed by atoms with van der Waals surface area (Å²) in [5.74, 6) is -4.25. The molecule has 2 aromatic carbocycles. The van der Waals surface area contributed by atoms with Gasteiger partial charge >= 0.3 is 5.97 Å². The van der Waals surface area contributed by atoms with Crippen LogP contribution in [0.3, 0.4) is 0 Å². The lowest BCUT2D eigenvalue weighted by Gasteiger charge is -2.07. The molecule has 146 valence electrons. The number of carbonyl (C=O) groups excluding carboxylic acids is 3. The monoisotopic (exact) mass is 408 g/mol. The molecule has 0 fully saturated rings. The van der Waals surface area contributed by atoms with E-state index in [0.29, 0.717) is 5.02 Å². The lowest BCUT2D eigenvalue weighted by Crippen LogP contribution is -2.35. The first kappa shape index (κ1) is 21.0. The molecular formula is C19H15ClF2N2O4. The number of esters is 1. The third-order valence-corrected chi connectivity index (χ3v) is 3.53. The summed E-state index contributed by atoms with van der Waals surface area (Å²) in [6, 6.07) is 9.56. The van der Waals surface area contributed by atoms with Crippen LogP contribution in [0.25, 0.3) is 6.08 Å². The quantitative estimate of drug-likeness (QED) is 0.545. The van der Waals surface area contributed by atoms with E-state index >= 15 is 0 Å². The first-order valence-electron chi connectivity index (χ1n) is 7.95. The van der Waals surface area contributed by atoms with Crippen molar-refractivity contribution in [1.29, 1.82) is 0 Å². The van der Waals surface area contributed by atoms with Crippen LogP contribution in [-0.4, -0.2) is 30.9 Å². The minimum Gasteiger partial charge on any atom is -0.452 e. The van der Waals surface area contributed by atoms with Gasteiger partial charge < -0.3 is 15.4 Å². The van der Waals surface area contributed by atoms with Gasteiger partial charge in [0.1, 0.15) is 0 Å². The van der Waals surface area contributed by atoms with Crippen LogP contribution < -0.4 is 10.6 Å². The molecule has 0 saturated carbocycles. The maximum Gasteiger partial charge on any atom is 0.331 e. The second-order valence-electron chi connectivity index (χ2n) is 5.45. The zero-order valence-electron chi connectivity index (χ0n) is 14.4. The van der Waals surface area contributed by atoms with Gasteiger partial charge in [0.05, 0.1) is 6.54 Å². The number of nitrogens with one attached hydrogen (secondary N) is 2. The van der Waals surface area contributed by atoms with E-state index in [1.54, 1.807) is 24.3 Å². The second-order valence-corrected chi connectivity index (χ2v) is 5.88. The lowest BCUT2D eigenvalue weighted by molar-refractivity contribution is -0.143. The maximum absolute atomic E-state index is 13.1. The standard InChI is InChI=1S/C19H15ClF2N2O4/c20-13-4-1-12(2-5-13)3-8-19(27)28-11-18(26)23-10-17(25)24-14-6-7-15(21)16(22)9-14/h1-9H,10-11H2,(H,23,26)(H,24,25)/b8-3+. The number of amides is 2. The van der Waals surface area contributed by atoms with Crippen molar-refractivity contribution in [3.63, 3.8) is 0 Å². The highest BCUT2D eigenvalue weighted by atomic mass is 35.5. The van der Waals surface area contributed by atoms with Gasteiger partial charge in [-0.25, -0.2) is 13.6 Å². The summed E-state index contributed by atoms with van der Waals surface area (Å²) in [7, 11) is 0. The average Bonchev–Trinajstić information content (AvgIpc) is 2.67. The van der Waals surface area contributed by atoms with Gasteiger partial charge in [-0.15, -0.1) is 0 Å². The van der Waals surface area contributed by atoms with Crippen molar-refractivity contribution < 1.29 is 27.9 Å². The Labute approximate surface area is 164 Å². The summed E-state index contributed by atoms with van der Waals surface area (Å²) in [6.45, 7) is -1.02. The van der Waals surface area contributed by atoms with Crippen molar-refractivity contribution in [2.75, 3.05) is 18.5 Å². The smallest absolute Gasteiger partial charge is 0.331 e. The zero-order chi connectivity index (χ0) is 20.5. The molecule has 0 bridgehead atoms. The highest BCUT2D eigenvalue weighted by molar-refractivity contribution is 6.30. The Morgan fingerprint density at radius 3 is 2.39 bits per heavy atom. The fraction of sp³-hybridized carbons (Fsp3) is 0.105. The molecule has 0 unspecified atom stereocenters. The van der Waals surface area contributed by atoms with Gasteiger partial charge in [0.25, 0.3) is 5.91 Å². The molecule has 28 heavy (non-hydrogen) atoms. The topological polar surface area (TPSA) is 84.5 Å². The predicted molar refractivity (Wildman–Crippen MR) is 99.4 cm³/mol. The van der Waals surface area contributed by atoms with Gasteiger partial charge in [0.15, 0.2) is 18.2 Å². The zero-order valence-corrected chi connectivity index (χ0v) is 15.1. The van der Waals surface area contributed by atoms with Crippen LogP contribution in [0, 0.1) is 11.6 Å². The Balaban J connectivity index is 1.70. The SMILES string of the molecule is O=C(COC(=O)/C=C/c1ccc(Cl)cc1)NCC(=O)Nc1ccc(F)c(F)c1. The summed E-state index contributed by atoms with van der Waals surface area (Å²) >= 11 is 5.75. The molecule has 0 heterocycles. The van der Waals surface area contributed by atoms with E-state index < -0.39 is 42.6 Å². The highest BCUT2D eigenvalue weighted by Crippen LogP contribution is 2.13. The van der Waals surface area contributed by atoms with E-state index in [9.17, 15) is 23.2 Å². The average molecular weight is 409 g/mol. The molecule has 0 saturated heterocycles. The van der Waals surface area contributed by atoms with Gasteiger partial charge in [0, 0.05) is 22.9 Å². The third-order valence-electron chi connectivity index (χ3n) is 3.28. The molecule has 2 aromatic rings. The molecule has 9 heteroatoms. The van der Waals surface area contributed by atoms with E-state index in [2.05, 4.69) is 10.6 Å². The molecule has 6 nitrogen and oxygen atoms in total. The van der Waals surface area contributed by atoms with Gasteiger partial charge in [-0.3, -0.25) is 9.59 Å². The second kappa shape index (κ2) is 10.2. The summed E-state index contributed by atoms with van der Waals surface area (Å²) in [4.78, 5) is 34.8. The van der Waals surface area contributed by atoms with Crippen molar-refractivity contribution in [2.24, 2.45) is 0 Å². The third kappa shape index (κ3) is 7.16. The van der Waals surface area contributed by atoms with E-state index in [-0.39, 0.29) is 5.69 Å². The normalized spacial score (nSPS) is 10.5. The molecule has 0 aliphatic heterocycles. The molecule has 2 amide bonds. The van der Waals surface area contributed by atoms with Crippen LogP contribution in [0.5, 0.6) is 0 Å². The van der Waals surface area contributed by atoms with Crippen molar-refractivity contribution in [3.8, 4) is 0 Å². The Kier molecular flexibility index (Phi) is 7.65. The van der Waals surface area contributed by atoms with Gasteiger partial charge in [-0.05, 0) is 35.9 Å². The Hall–Kier alpha value is -3.26. The molecule has 2 N–H and O–H groups in total. The summed E-state index contributed by atoms with van der Waals surface area (Å²) in [5, 5.41) is 5.07. The Morgan fingerprint density at radius 2 is 1.71 bits per heavy atom. The van der Waals surface area contributed by atoms with E-state index in [1.165, 1.54) is 12.1 Å². The van der Waals surface area contributed by atoms with Crippen LogP contribution in [0.15, 0.2) is 48.5 Å². The number of benzene rings is 2. The van der Waals surface area contributed by atoms with Crippen LogP contribution in [-0.2, 0) is 19.1 Å². The summed E-state index contributed by atoms with van der Waals surface area (Å²) in [6.07, 6.45) is 2.64. The van der Waals surface area contributed by atoms with E-state index in [4.69, 9.17) is 16.3 Å².